The number of carbonyl (C=O) groups is 1. The van der Waals surface area contributed by atoms with E-state index in [2.05, 4.69) is 196 Å². The summed E-state index contributed by atoms with van der Waals surface area (Å²) in [6.07, 6.45) is 8.28. The van der Waals surface area contributed by atoms with Crippen LogP contribution in [0.15, 0.2) is 158 Å². The molecule has 7 heteroatoms. The first-order chi connectivity index (χ1) is 30.0. The highest BCUT2D eigenvalue weighted by atomic mass is 28.4. The highest BCUT2D eigenvalue weighted by molar-refractivity contribution is 7.00. The molecule has 0 amide bonds. The Morgan fingerprint density at radius 3 is 1.68 bits per heavy atom. The molecule has 2 heterocycles. The van der Waals surface area contributed by atoms with Gasteiger partial charge in [0.15, 0.2) is 6.10 Å². The predicted octanol–water partition coefficient (Wildman–Crippen LogP) is 10.9. The molecule has 5 nitrogen and oxygen atoms in total. The molecule has 2 bridgehead atoms. The Morgan fingerprint density at radius 2 is 1.25 bits per heavy atom. The van der Waals surface area contributed by atoms with Crippen molar-refractivity contribution in [3.05, 3.63) is 158 Å². The van der Waals surface area contributed by atoms with Crippen LogP contribution in [-0.2, 0) is 23.1 Å². The van der Waals surface area contributed by atoms with E-state index in [0.29, 0.717) is 18.9 Å². The van der Waals surface area contributed by atoms with Crippen molar-refractivity contribution in [1.29, 1.82) is 0 Å². The minimum atomic E-state index is -2.94. The summed E-state index contributed by atoms with van der Waals surface area (Å²) in [7, 11) is -5.56. The highest BCUT2D eigenvalue weighted by Crippen LogP contribution is 2.63. The van der Waals surface area contributed by atoms with E-state index < -0.39 is 28.3 Å². The van der Waals surface area contributed by atoms with E-state index in [1.165, 1.54) is 33.2 Å². The molecular formula is C56H72O5Si2. The van der Waals surface area contributed by atoms with E-state index in [4.69, 9.17) is 18.3 Å². The monoisotopic (exact) mass is 880 g/mol. The van der Waals surface area contributed by atoms with Crippen LogP contribution in [0.1, 0.15) is 101 Å². The molecule has 4 aromatic rings. The maximum absolute atomic E-state index is 13.3. The van der Waals surface area contributed by atoms with Gasteiger partial charge in [-0.2, -0.15) is 0 Å². The van der Waals surface area contributed by atoms with E-state index in [0.717, 1.165) is 37.7 Å². The standard InChI is InChI=1S/C56H72O5Si2/c1-12-43-39-42(27-26-38-58-62(53(4,5)6,44-28-18-14-19-29-44)45-30-20-15-21-31-45)36-37-48(43)51(59-41(3)57)56-40-49(52(60-56)55(10,11)50(56)13-2)61-63(54(7,8)9,46-32-22-16-23-33-46)47-34-24-17-25-35-47/h12-25,28-35,42,49-52H,1-2,26-27,36-40H2,3-11H3/t42-,49+,50+,51+,52+,56-/m1/s1. The first-order valence-electron chi connectivity index (χ1n) is 23.3. The van der Waals surface area contributed by atoms with Gasteiger partial charge in [-0.25, -0.2) is 0 Å². The minimum Gasteiger partial charge on any atom is -0.455 e. The molecular weight excluding hydrogens is 809 g/mol. The number of hydrogen-bond acceptors (Lipinski definition) is 5. The van der Waals surface area contributed by atoms with E-state index in [1.807, 2.05) is 6.08 Å². The molecule has 334 valence electrons. The fourth-order valence-corrected chi connectivity index (χ4v) is 21.4. The van der Waals surface area contributed by atoms with Gasteiger partial charge in [0.1, 0.15) is 5.60 Å². The average molecular weight is 881 g/mol. The normalized spacial score (nSPS) is 24.2. The number of carbonyl (C=O) groups excluding carboxylic acids is 1. The van der Waals surface area contributed by atoms with Crippen molar-refractivity contribution >= 4 is 43.4 Å². The first-order valence-corrected chi connectivity index (χ1v) is 27.1. The summed E-state index contributed by atoms with van der Waals surface area (Å²) in [5, 5.41) is 4.82. The number of fused-ring (bicyclic) bond motifs is 2. The topological polar surface area (TPSA) is 54.0 Å². The molecule has 0 N–H and O–H groups in total. The molecule has 2 aliphatic heterocycles. The highest BCUT2D eigenvalue weighted by Gasteiger charge is 2.71. The Hall–Kier alpha value is -4.12. The number of benzene rings is 4. The molecule has 0 spiro atoms. The lowest BCUT2D eigenvalue weighted by molar-refractivity contribution is -0.161. The van der Waals surface area contributed by atoms with Crippen molar-refractivity contribution < 1.29 is 23.1 Å². The molecule has 0 unspecified atom stereocenters. The minimum absolute atomic E-state index is 0.0671. The van der Waals surface area contributed by atoms with Gasteiger partial charge in [-0.1, -0.05) is 195 Å². The van der Waals surface area contributed by atoms with Crippen LogP contribution in [0.4, 0.5) is 0 Å². The third kappa shape index (κ3) is 8.49. The summed E-state index contributed by atoms with van der Waals surface area (Å²) < 4.78 is 29.2. The van der Waals surface area contributed by atoms with E-state index in [9.17, 15) is 4.79 Å². The van der Waals surface area contributed by atoms with Crippen molar-refractivity contribution in [1.82, 2.24) is 0 Å². The molecule has 3 aliphatic rings. The summed E-state index contributed by atoms with van der Waals surface area (Å²) in [6, 6.07) is 43.5. The second kappa shape index (κ2) is 18.4. The van der Waals surface area contributed by atoms with Crippen LogP contribution in [0.5, 0.6) is 0 Å². The molecule has 0 aromatic heterocycles. The molecule has 0 saturated carbocycles. The third-order valence-electron chi connectivity index (χ3n) is 14.8. The van der Waals surface area contributed by atoms with Gasteiger partial charge in [-0.05, 0) is 80.0 Å². The zero-order chi connectivity index (χ0) is 45.3. The van der Waals surface area contributed by atoms with Gasteiger partial charge in [0, 0.05) is 31.3 Å². The van der Waals surface area contributed by atoms with Crippen LogP contribution in [0.3, 0.4) is 0 Å². The van der Waals surface area contributed by atoms with Gasteiger partial charge in [0.25, 0.3) is 16.6 Å². The van der Waals surface area contributed by atoms with Crippen molar-refractivity contribution in [3.63, 3.8) is 0 Å². The molecule has 2 fully saturated rings. The molecule has 2 saturated heterocycles. The van der Waals surface area contributed by atoms with Crippen molar-refractivity contribution in [2.45, 2.75) is 135 Å². The van der Waals surface area contributed by atoms with E-state index in [-0.39, 0.29) is 39.6 Å². The summed E-state index contributed by atoms with van der Waals surface area (Å²) in [6.45, 7) is 29.6. The first kappa shape index (κ1) is 46.9. The number of rotatable bonds is 16. The molecule has 4 aromatic carbocycles. The maximum Gasteiger partial charge on any atom is 0.303 e. The zero-order valence-corrected chi connectivity index (χ0v) is 41.5. The Labute approximate surface area is 381 Å². The van der Waals surface area contributed by atoms with Crippen LogP contribution in [0.25, 0.3) is 0 Å². The molecule has 1 aliphatic carbocycles. The van der Waals surface area contributed by atoms with Crippen LogP contribution in [0.2, 0.25) is 10.1 Å². The largest absolute Gasteiger partial charge is 0.455 e. The summed E-state index contributed by atoms with van der Waals surface area (Å²) in [5.74, 6) is 0.0730. The SMILES string of the molecule is C=CC1=C([C@H](OC(C)=O)[C@]23C[C@H](O[Si](c4ccccc4)(c4ccccc4)C(C)(C)C)[C@H](O2)C(C)(C)[C@@H]3C=C)CC[C@@H](CCCO[Si](c2ccccc2)(c2ccccc2)C(C)(C)C)C1. The van der Waals surface area contributed by atoms with Crippen molar-refractivity contribution in [3.8, 4) is 0 Å². The Kier molecular flexibility index (Phi) is 13.7. The van der Waals surface area contributed by atoms with Gasteiger partial charge >= 0.3 is 5.97 Å². The van der Waals surface area contributed by atoms with Gasteiger partial charge in [0.2, 0.25) is 0 Å². The van der Waals surface area contributed by atoms with Crippen LogP contribution >= 0.6 is 0 Å². The van der Waals surface area contributed by atoms with Crippen molar-refractivity contribution in [2.75, 3.05) is 6.61 Å². The fraction of sp³-hybridized carbons (Fsp3) is 0.446. The van der Waals surface area contributed by atoms with E-state index >= 15 is 0 Å². The number of esters is 1. The molecule has 7 rings (SSSR count). The van der Waals surface area contributed by atoms with Crippen LogP contribution < -0.4 is 20.7 Å². The van der Waals surface area contributed by atoms with Crippen molar-refractivity contribution in [2.24, 2.45) is 17.3 Å². The lowest BCUT2D eigenvalue weighted by atomic mass is 9.59. The number of allylic oxidation sites excluding steroid dienone is 2. The summed E-state index contributed by atoms with van der Waals surface area (Å²) in [5.41, 5.74) is 1.11. The van der Waals surface area contributed by atoms with Gasteiger partial charge in [-0.15, -0.1) is 6.58 Å². The molecule has 0 radical (unpaired) electrons. The smallest absolute Gasteiger partial charge is 0.303 e. The van der Waals surface area contributed by atoms with Gasteiger partial charge in [0.05, 0.1) is 12.2 Å². The molecule has 63 heavy (non-hydrogen) atoms. The third-order valence-corrected chi connectivity index (χ3v) is 24.9. The second-order valence-electron chi connectivity index (χ2n) is 21.1. The Balaban J connectivity index is 1.17. The average Bonchev–Trinajstić information content (AvgIpc) is 3.75. The summed E-state index contributed by atoms with van der Waals surface area (Å²) in [4.78, 5) is 13.3. The summed E-state index contributed by atoms with van der Waals surface area (Å²) >= 11 is 0. The molecule has 6 atom stereocenters. The maximum atomic E-state index is 13.3. The van der Waals surface area contributed by atoms with Gasteiger partial charge < -0.3 is 18.3 Å². The van der Waals surface area contributed by atoms with E-state index in [1.54, 1.807) is 0 Å². The zero-order valence-electron chi connectivity index (χ0n) is 39.5. The predicted molar refractivity (Wildman–Crippen MR) is 265 cm³/mol. The van der Waals surface area contributed by atoms with Crippen LogP contribution in [-0.4, -0.2) is 53.1 Å². The lowest BCUT2D eigenvalue weighted by Crippen LogP contribution is -2.69. The number of hydrogen-bond donors (Lipinski definition) is 0. The Morgan fingerprint density at radius 1 is 0.778 bits per heavy atom. The van der Waals surface area contributed by atoms with Gasteiger partial charge in [-0.3, -0.25) is 4.79 Å². The quantitative estimate of drug-likeness (QED) is 0.0486. The second-order valence-corrected chi connectivity index (χ2v) is 29.6. The lowest BCUT2D eigenvalue weighted by Gasteiger charge is -2.50. The Bertz CT molecular complexity index is 2140. The van der Waals surface area contributed by atoms with Crippen LogP contribution in [0, 0.1) is 17.3 Å². The number of ether oxygens (including phenoxy) is 2. The fourth-order valence-electron chi connectivity index (χ4n) is 12.1.